The monoisotopic (exact) mass is 317 g/mol. The second-order valence-electron chi connectivity index (χ2n) is 6.51. The number of aliphatic hydroxyl groups is 1. The van der Waals surface area contributed by atoms with E-state index in [9.17, 15) is 9.90 Å². The molecule has 1 unspecified atom stereocenters. The van der Waals surface area contributed by atoms with Crippen molar-refractivity contribution in [3.63, 3.8) is 0 Å². The molecular formula is C17H23N3O3. The van der Waals surface area contributed by atoms with Crippen LogP contribution in [0, 0.1) is 5.92 Å². The van der Waals surface area contributed by atoms with E-state index in [1.165, 1.54) is 12.6 Å². The molecule has 3 N–H and O–H groups in total. The van der Waals surface area contributed by atoms with Crippen LogP contribution in [0.4, 0.5) is 0 Å². The lowest BCUT2D eigenvalue weighted by Crippen LogP contribution is -2.46. The Kier molecular flexibility index (Phi) is 4.52. The maximum Gasteiger partial charge on any atom is 0.255 e. The summed E-state index contributed by atoms with van der Waals surface area (Å²) in [4.78, 5) is 12.4. The Hall–Kier alpha value is -2.08. The number of aromatic amines is 1. The van der Waals surface area contributed by atoms with Gasteiger partial charge in [-0.05, 0) is 37.8 Å². The van der Waals surface area contributed by atoms with Crippen molar-refractivity contribution >= 4 is 5.91 Å². The molecule has 0 aliphatic heterocycles. The van der Waals surface area contributed by atoms with Gasteiger partial charge >= 0.3 is 0 Å². The topological polar surface area (TPSA) is 91.1 Å². The summed E-state index contributed by atoms with van der Waals surface area (Å²) in [6.45, 7) is 2.05. The van der Waals surface area contributed by atoms with Crippen LogP contribution in [-0.4, -0.2) is 33.4 Å². The second kappa shape index (κ2) is 6.58. The Labute approximate surface area is 135 Å². The van der Waals surface area contributed by atoms with E-state index in [-0.39, 0.29) is 18.4 Å². The Morgan fingerprint density at radius 3 is 2.96 bits per heavy atom. The Morgan fingerprint density at radius 2 is 2.26 bits per heavy atom. The maximum atomic E-state index is 12.4. The van der Waals surface area contributed by atoms with E-state index in [2.05, 4.69) is 15.5 Å². The van der Waals surface area contributed by atoms with Crippen molar-refractivity contribution in [1.29, 1.82) is 0 Å². The third kappa shape index (κ3) is 3.47. The highest BCUT2D eigenvalue weighted by molar-refractivity contribution is 5.99. The van der Waals surface area contributed by atoms with Crippen molar-refractivity contribution in [2.75, 3.05) is 6.54 Å². The van der Waals surface area contributed by atoms with E-state index >= 15 is 0 Å². The number of nitrogens with zero attached hydrogens (tertiary/aromatic N) is 1. The van der Waals surface area contributed by atoms with Crippen molar-refractivity contribution in [2.24, 2.45) is 5.92 Å². The zero-order valence-corrected chi connectivity index (χ0v) is 13.3. The normalized spacial score (nSPS) is 18.5. The number of hydrogen-bond acceptors (Lipinski definition) is 4. The highest BCUT2D eigenvalue weighted by atomic mass is 16.3. The van der Waals surface area contributed by atoms with Crippen molar-refractivity contribution in [1.82, 2.24) is 15.5 Å². The number of carbonyl (C=O) groups is 1. The molecule has 3 rings (SSSR count). The number of H-pyrrole nitrogens is 1. The van der Waals surface area contributed by atoms with Gasteiger partial charge in [0.1, 0.15) is 5.69 Å². The minimum absolute atomic E-state index is 0.235. The molecule has 1 amide bonds. The van der Waals surface area contributed by atoms with Gasteiger partial charge in [0.2, 0.25) is 0 Å². The van der Waals surface area contributed by atoms with Gasteiger partial charge in [-0.15, -0.1) is 0 Å². The van der Waals surface area contributed by atoms with E-state index < -0.39 is 5.60 Å². The quantitative estimate of drug-likeness (QED) is 0.791. The van der Waals surface area contributed by atoms with Gasteiger partial charge in [-0.25, -0.2) is 0 Å². The summed E-state index contributed by atoms with van der Waals surface area (Å²) in [5, 5.41) is 20.2. The minimum atomic E-state index is -0.884. The van der Waals surface area contributed by atoms with E-state index in [0.29, 0.717) is 17.0 Å². The fourth-order valence-electron chi connectivity index (χ4n) is 3.29. The van der Waals surface area contributed by atoms with Gasteiger partial charge in [-0.1, -0.05) is 19.3 Å². The molecule has 1 saturated carbocycles. The van der Waals surface area contributed by atoms with Crippen LogP contribution in [0.1, 0.15) is 49.4 Å². The van der Waals surface area contributed by atoms with Gasteiger partial charge in [0.05, 0.1) is 23.6 Å². The van der Waals surface area contributed by atoms with E-state index in [1.807, 2.05) is 6.92 Å². The fourth-order valence-corrected chi connectivity index (χ4v) is 3.29. The summed E-state index contributed by atoms with van der Waals surface area (Å²) >= 11 is 0. The highest BCUT2D eigenvalue weighted by Gasteiger charge is 2.33. The first-order chi connectivity index (χ1) is 11.1. The number of rotatable bonds is 5. The van der Waals surface area contributed by atoms with Crippen molar-refractivity contribution in [3.8, 4) is 11.5 Å². The molecule has 23 heavy (non-hydrogen) atoms. The molecule has 0 aromatic carbocycles. The molecule has 0 radical (unpaired) electrons. The van der Waals surface area contributed by atoms with Gasteiger partial charge in [-0.3, -0.25) is 9.89 Å². The molecule has 6 heteroatoms. The number of carbonyl (C=O) groups excluding carboxylic acids is 1. The van der Waals surface area contributed by atoms with Crippen LogP contribution in [0.5, 0.6) is 0 Å². The Bertz CT molecular complexity index is 640. The third-order valence-corrected chi connectivity index (χ3v) is 4.74. The number of aromatic nitrogens is 2. The fraction of sp³-hybridized carbons (Fsp3) is 0.529. The summed E-state index contributed by atoms with van der Waals surface area (Å²) in [6, 6.07) is 3.52. The first-order valence-corrected chi connectivity index (χ1v) is 8.16. The summed E-state index contributed by atoms with van der Waals surface area (Å²) in [5.41, 5.74) is 0.0780. The highest BCUT2D eigenvalue weighted by Crippen LogP contribution is 2.32. The average molecular weight is 317 g/mol. The zero-order chi connectivity index (χ0) is 16.3. The predicted octanol–water partition coefficient (Wildman–Crippen LogP) is 2.73. The Balaban J connectivity index is 1.65. The first-order valence-electron chi connectivity index (χ1n) is 8.16. The van der Waals surface area contributed by atoms with Gasteiger partial charge < -0.3 is 14.8 Å². The molecule has 1 atom stereocenters. The number of amides is 1. The van der Waals surface area contributed by atoms with E-state index in [4.69, 9.17) is 4.42 Å². The van der Waals surface area contributed by atoms with Crippen LogP contribution in [0.2, 0.25) is 0 Å². The second-order valence-corrected chi connectivity index (χ2v) is 6.51. The summed E-state index contributed by atoms with van der Waals surface area (Å²) in [6.07, 6.45) is 8.60. The lowest BCUT2D eigenvalue weighted by molar-refractivity contribution is -0.0143. The molecule has 1 aliphatic carbocycles. The third-order valence-electron chi connectivity index (χ3n) is 4.74. The number of furan rings is 1. The SMILES string of the molecule is CC(O)(CNC(=O)c1cn[nH]c1-c1ccco1)C1CCCCC1. The summed E-state index contributed by atoms with van der Waals surface area (Å²) < 4.78 is 5.31. The molecule has 1 aliphatic rings. The van der Waals surface area contributed by atoms with Crippen molar-refractivity contribution < 1.29 is 14.3 Å². The van der Waals surface area contributed by atoms with Crippen LogP contribution in [0.15, 0.2) is 29.0 Å². The largest absolute Gasteiger partial charge is 0.463 e. The number of nitrogens with one attached hydrogen (secondary N) is 2. The first kappa shape index (κ1) is 15.8. The smallest absolute Gasteiger partial charge is 0.255 e. The molecule has 0 spiro atoms. The standard InChI is InChI=1S/C17H23N3O3/c1-17(22,12-6-3-2-4-7-12)11-18-16(21)13-10-19-20-15(13)14-8-5-9-23-14/h5,8-10,12,22H,2-4,6-7,11H2,1H3,(H,18,21)(H,19,20). The van der Waals surface area contributed by atoms with Crippen LogP contribution < -0.4 is 5.32 Å². The minimum Gasteiger partial charge on any atom is -0.463 e. The summed E-state index contributed by atoms with van der Waals surface area (Å²) in [5.74, 6) is 0.540. The lowest BCUT2D eigenvalue weighted by atomic mass is 9.78. The van der Waals surface area contributed by atoms with Gasteiger partial charge in [0.25, 0.3) is 5.91 Å². The summed E-state index contributed by atoms with van der Waals surface area (Å²) in [7, 11) is 0. The molecule has 2 heterocycles. The van der Waals surface area contributed by atoms with Crippen LogP contribution in [0.25, 0.3) is 11.5 Å². The lowest BCUT2D eigenvalue weighted by Gasteiger charge is -2.35. The van der Waals surface area contributed by atoms with Gasteiger partial charge in [0, 0.05) is 6.54 Å². The number of hydrogen-bond donors (Lipinski definition) is 3. The van der Waals surface area contributed by atoms with Crippen molar-refractivity contribution in [2.45, 2.75) is 44.6 Å². The Morgan fingerprint density at radius 1 is 1.48 bits per heavy atom. The maximum absolute atomic E-state index is 12.4. The van der Waals surface area contributed by atoms with Crippen LogP contribution in [0.3, 0.4) is 0 Å². The molecule has 0 bridgehead atoms. The van der Waals surface area contributed by atoms with Crippen molar-refractivity contribution in [3.05, 3.63) is 30.2 Å². The molecule has 2 aromatic rings. The average Bonchev–Trinajstić information content (AvgIpc) is 3.24. The molecule has 2 aromatic heterocycles. The predicted molar refractivity (Wildman–Crippen MR) is 85.8 cm³/mol. The zero-order valence-electron chi connectivity index (χ0n) is 13.3. The van der Waals surface area contributed by atoms with E-state index in [0.717, 1.165) is 25.7 Å². The molecular weight excluding hydrogens is 294 g/mol. The molecule has 6 nitrogen and oxygen atoms in total. The van der Waals surface area contributed by atoms with E-state index in [1.54, 1.807) is 18.4 Å². The molecule has 124 valence electrons. The van der Waals surface area contributed by atoms with Gasteiger partial charge in [0.15, 0.2) is 5.76 Å². The van der Waals surface area contributed by atoms with Crippen LogP contribution in [-0.2, 0) is 0 Å². The molecule has 1 fully saturated rings. The van der Waals surface area contributed by atoms with Gasteiger partial charge in [-0.2, -0.15) is 5.10 Å². The molecule has 0 saturated heterocycles. The van der Waals surface area contributed by atoms with Crippen LogP contribution >= 0.6 is 0 Å².